The van der Waals surface area contributed by atoms with E-state index in [4.69, 9.17) is 0 Å². The van der Waals surface area contributed by atoms with Crippen molar-refractivity contribution in [2.75, 3.05) is 5.75 Å². The summed E-state index contributed by atoms with van der Waals surface area (Å²) in [6.45, 7) is -0.232. The van der Waals surface area contributed by atoms with Gasteiger partial charge in [-0.1, -0.05) is 24.3 Å². The van der Waals surface area contributed by atoms with Gasteiger partial charge in [-0.25, -0.2) is 9.18 Å². The van der Waals surface area contributed by atoms with Crippen LogP contribution in [-0.2, 0) is 11.3 Å². The first-order valence-electron chi connectivity index (χ1n) is 8.47. The van der Waals surface area contributed by atoms with Crippen molar-refractivity contribution in [1.82, 2.24) is 14.9 Å². The number of hydrogen-bond acceptors (Lipinski definition) is 4. The van der Waals surface area contributed by atoms with E-state index < -0.39 is 11.2 Å². The van der Waals surface area contributed by atoms with Gasteiger partial charge in [0.15, 0.2) is 0 Å². The molecule has 1 atom stereocenters. The van der Waals surface area contributed by atoms with E-state index in [-0.39, 0.29) is 24.3 Å². The average Bonchev–Trinajstić information content (AvgIpc) is 2.66. The highest BCUT2D eigenvalue weighted by molar-refractivity contribution is 7.99. The van der Waals surface area contributed by atoms with Crippen LogP contribution in [0.3, 0.4) is 0 Å². The molecule has 1 unspecified atom stereocenters. The average molecular weight is 385 g/mol. The van der Waals surface area contributed by atoms with E-state index in [1.54, 1.807) is 36.4 Å². The maximum Gasteiger partial charge on any atom is 0.329 e. The second-order valence-corrected chi connectivity index (χ2v) is 7.38. The van der Waals surface area contributed by atoms with Crippen LogP contribution in [0.1, 0.15) is 18.0 Å². The van der Waals surface area contributed by atoms with E-state index in [0.29, 0.717) is 28.0 Å². The summed E-state index contributed by atoms with van der Waals surface area (Å²) < 4.78 is 15.2. The summed E-state index contributed by atoms with van der Waals surface area (Å²) in [5, 5.41) is 3.23. The van der Waals surface area contributed by atoms with Crippen molar-refractivity contribution >= 4 is 28.6 Å². The maximum absolute atomic E-state index is 14.0. The predicted molar refractivity (Wildman–Crippen MR) is 101 cm³/mol. The van der Waals surface area contributed by atoms with Crippen molar-refractivity contribution in [1.29, 1.82) is 0 Å². The van der Waals surface area contributed by atoms with Crippen LogP contribution in [-0.4, -0.2) is 21.2 Å². The Kier molecular flexibility index (Phi) is 4.57. The lowest BCUT2D eigenvalue weighted by Gasteiger charge is -2.26. The number of hydrogen-bond donors (Lipinski definition) is 2. The Bertz CT molecular complexity index is 1150. The number of fused-ring (bicyclic) bond motifs is 2. The maximum atomic E-state index is 14.0. The van der Waals surface area contributed by atoms with E-state index in [1.807, 2.05) is 0 Å². The van der Waals surface area contributed by atoms with Crippen LogP contribution in [0.4, 0.5) is 4.39 Å². The molecule has 2 N–H and O–H groups in total. The summed E-state index contributed by atoms with van der Waals surface area (Å²) >= 11 is 1.43. The summed E-state index contributed by atoms with van der Waals surface area (Å²) in [5.74, 6) is 0.0288. The Hall–Kier alpha value is -2.87. The van der Waals surface area contributed by atoms with Crippen LogP contribution in [0.15, 0.2) is 56.9 Å². The van der Waals surface area contributed by atoms with Gasteiger partial charge in [-0.05, 0) is 30.2 Å². The Balaban J connectivity index is 1.62. The van der Waals surface area contributed by atoms with Crippen molar-refractivity contribution in [3.05, 3.63) is 74.7 Å². The van der Waals surface area contributed by atoms with Gasteiger partial charge in [-0.2, -0.15) is 0 Å². The minimum Gasteiger partial charge on any atom is -0.348 e. The standard InChI is InChI=1S/C19H16FN3O3S/c20-13-6-3-5-11-14(8-9-27-17(11)13)21-16(24)10-23-15-7-2-1-4-12(15)18(25)22-19(23)26/h1-7,14H,8-10H2,(H,21,24)(H,22,25,26). The van der Waals surface area contributed by atoms with Gasteiger partial charge in [0.05, 0.1) is 16.9 Å². The fourth-order valence-corrected chi connectivity index (χ4v) is 4.46. The minimum absolute atomic E-state index is 0.232. The highest BCUT2D eigenvalue weighted by Gasteiger charge is 2.24. The lowest BCUT2D eigenvalue weighted by atomic mass is 10.0. The van der Waals surface area contributed by atoms with Gasteiger partial charge in [0, 0.05) is 10.6 Å². The van der Waals surface area contributed by atoms with Gasteiger partial charge < -0.3 is 5.32 Å². The Labute approximate surface area is 157 Å². The molecule has 0 saturated heterocycles. The van der Waals surface area contributed by atoms with Gasteiger partial charge in [-0.3, -0.25) is 19.1 Å². The van der Waals surface area contributed by atoms with Gasteiger partial charge in [0.1, 0.15) is 12.4 Å². The summed E-state index contributed by atoms with van der Waals surface area (Å²) in [6, 6.07) is 11.1. The fourth-order valence-electron chi connectivity index (χ4n) is 3.32. The molecule has 0 fully saturated rings. The van der Waals surface area contributed by atoms with E-state index in [1.165, 1.54) is 22.4 Å². The third-order valence-electron chi connectivity index (χ3n) is 4.57. The van der Waals surface area contributed by atoms with Gasteiger partial charge in [-0.15, -0.1) is 11.8 Å². The number of carbonyl (C=O) groups is 1. The monoisotopic (exact) mass is 385 g/mol. The largest absolute Gasteiger partial charge is 0.348 e. The molecular formula is C19H16FN3O3S. The molecule has 2 heterocycles. The first kappa shape index (κ1) is 17.5. The van der Waals surface area contributed by atoms with Gasteiger partial charge in [0.2, 0.25) is 5.91 Å². The number of nitrogens with one attached hydrogen (secondary N) is 2. The molecule has 0 saturated carbocycles. The Morgan fingerprint density at radius 1 is 1.22 bits per heavy atom. The van der Waals surface area contributed by atoms with Crippen molar-refractivity contribution in [3.8, 4) is 0 Å². The number of amides is 1. The van der Waals surface area contributed by atoms with Crippen LogP contribution in [0.2, 0.25) is 0 Å². The van der Waals surface area contributed by atoms with Crippen LogP contribution >= 0.6 is 11.8 Å². The van der Waals surface area contributed by atoms with Crippen molar-refractivity contribution < 1.29 is 9.18 Å². The molecule has 3 aromatic rings. The highest BCUT2D eigenvalue weighted by Crippen LogP contribution is 2.37. The number of nitrogens with zero attached hydrogens (tertiary/aromatic N) is 1. The zero-order chi connectivity index (χ0) is 19.0. The second-order valence-electron chi connectivity index (χ2n) is 6.28. The molecule has 138 valence electrons. The van der Waals surface area contributed by atoms with Crippen molar-refractivity contribution in [2.24, 2.45) is 0 Å². The fraction of sp³-hybridized carbons (Fsp3) is 0.211. The SMILES string of the molecule is O=C(Cn1c(=O)[nH]c(=O)c2ccccc21)NC1CCSc2c(F)cccc21. The molecule has 6 nitrogen and oxygen atoms in total. The highest BCUT2D eigenvalue weighted by atomic mass is 32.2. The number of aromatic nitrogens is 2. The Morgan fingerprint density at radius 3 is 2.89 bits per heavy atom. The lowest BCUT2D eigenvalue weighted by molar-refractivity contribution is -0.122. The van der Waals surface area contributed by atoms with Crippen LogP contribution in [0.5, 0.6) is 0 Å². The van der Waals surface area contributed by atoms with Crippen LogP contribution in [0.25, 0.3) is 10.9 Å². The molecule has 1 aliphatic rings. The molecule has 0 aliphatic carbocycles. The first-order chi connectivity index (χ1) is 13.0. The summed E-state index contributed by atoms with van der Waals surface area (Å²) in [6.07, 6.45) is 0.675. The number of thioether (sulfide) groups is 1. The molecule has 0 bridgehead atoms. The van der Waals surface area contributed by atoms with Crippen LogP contribution in [0, 0.1) is 5.82 Å². The molecule has 1 aliphatic heterocycles. The quantitative estimate of drug-likeness (QED) is 0.724. The molecular weight excluding hydrogens is 369 g/mol. The van der Waals surface area contributed by atoms with Crippen molar-refractivity contribution in [2.45, 2.75) is 23.9 Å². The molecule has 1 aromatic heterocycles. The topological polar surface area (TPSA) is 84.0 Å². The molecule has 27 heavy (non-hydrogen) atoms. The van der Waals surface area contributed by atoms with E-state index >= 15 is 0 Å². The number of aromatic amines is 1. The number of halogens is 1. The predicted octanol–water partition coefficient (Wildman–Crippen LogP) is 2.18. The zero-order valence-electron chi connectivity index (χ0n) is 14.2. The van der Waals surface area contributed by atoms with E-state index in [9.17, 15) is 18.8 Å². The summed E-state index contributed by atoms with van der Waals surface area (Å²) in [7, 11) is 0. The number of H-pyrrole nitrogens is 1. The molecule has 4 rings (SSSR count). The Morgan fingerprint density at radius 2 is 2.04 bits per heavy atom. The smallest absolute Gasteiger partial charge is 0.329 e. The zero-order valence-corrected chi connectivity index (χ0v) is 15.0. The molecule has 1 amide bonds. The number of carbonyl (C=O) groups excluding carboxylic acids is 1. The third-order valence-corrected chi connectivity index (χ3v) is 5.73. The lowest BCUT2D eigenvalue weighted by Crippen LogP contribution is -2.38. The van der Waals surface area contributed by atoms with E-state index in [2.05, 4.69) is 10.3 Å². The number of benzene rings is 2. The minimum atomic E-state index is -0.639. The first-order valence-corrected chi connectivity index (χ1v) is 9.45. The molecule has 2 aromatic carbocycles. The van der Waals surface area contributed by atoms with Gasteiger partial charge >= 0.3 is 5.69 Å². The van der Waals surface area contributed by atoms with E-state index in [0.717, 1.165) is 5.56 Å². The summed E-state index contributed by atoms with van der Waals surface area (Å²) in [4.78, 5) is 39.5. The second kappa shape index (κ2) is 7.03. The van der Waals surface area contributed by atoms with Crippen LogP contribution < -0.4 is 16.6 Å². The normalized spacial score (nSPS) is 16.1. The molecule has 0 spiro atoms. The molecule has 0 radical (unpaired) electrons. The summed E-state index contributed by atoms with van der Waals surface area (Å²) in [5.41, 5.74) is 0.0192. The number of rotatable bonds is 3. The molecule has 8 heteroatoms. The van der Waals surface area contributed by atoms with Crippen molar-refractivity contribution in [3.63, 3.8) is 0 Å². The van der Waals surface area contributed by atoms with Gasteiger partial charge in [0.25, 0.3) is 5.56 Å². The third kappa shape index (κ3) is 3.28. The number of para-hydroxylation sites is 1.